The molecule has 1 aliphatic rings. The summed E-state index contributed by atoms with van der Waals surface area (Å²) in [7, 11) is 3.93. The molecule has 0 N–H and O–H groups in total. The highest BCUT2D eigenvalue weighted by molar-refractivity contribution is 8.93. The van der Waals surface area contributed by atoms with E-state index in [9.17, 15) is 0 Å². The van der Waals surface area contributed by atoms with Crippen molar-refractivity contribution in [3.63, 3.8) is 0 Å². The lowest BCUT2D eigenvalue weighted by Crippen LogP contribution is -2.43. The molecule has 1 aliphatic heterocycles. The molecule has 3 rings (SSSR count). The van der Waals surface area contributed by atoms with Crippen LogP contribution in [0.4, 0.5) is 5.69 Å². The third-order valence-corrected chi connectivity index (χ3v) is 3.18. The lowest BCUT2D eigenvalue weighted by Gasteiger charge is -2.29. The van der Waals surface area contributed by atoms with Crippen LogP contribution in [-0.4, -0.2) is 30.2 Å². The molecule has 20 heavy (non-hydrogen) atoms. The zero-order valence-electron chi connectivity index (χ0n) is 11.5. The van der Waals surface area contributed by atoms with E-state index in [1.807, 2.05) is 60.7 Å². The Morgan fingerprint density at radius 1 is 0.800 bits per heavy atom. The number of nitrogens with zero attached hydrogens (tertiary/aromatic N) is 4. The van der Waals surface area contributed by atoms with Gasteiger partial charge in [0.15, 0.2) is 5.84 Å². The Morgan fingerprint density at radius 2 is 1.35 bits per heavy atom. The molecule has 2 aromatic rings. The molecule has 2 aromatic carbocycles. The maximum absolute atomic E-state index is 4.60. The molecule has 5 heteroatoms. The number of hydrogen-bond acceptors (Lipinski definition) is 4. The van der Waals surface area contributed by atoms with Crippen LogP contribution in [0, 0.1) is 0 Å². The summed E-state index contributed by atoms with van der Waals surface area (Å²) in [5.41, 5.74) is 2.19. The maximum Gasteiger partial charge on any atom is 0.178 e. The van der Waals surface area contributed by atoms with Crippen LogP contribution in [0.2, 0.25) is 0 Å². The molecule has 0 amide bonds. The molecular formula is C15H17BrN4. The molecule has 0 bridgehead atoms. The smallest absolute Gasteiger partial charge is 0.178 e. The van der Waals surface area contributed by atoms with Crippen molar-refractivity contribution in [2.24, 2.45) is 5.10 Å². The molecule has 0 saturated heterocycles. The van der Waals surface area contributed by atoms with E-state index in [1.54, 1.807) is 0 Å². The Labute approximate surface area is 129 Å². The van der Waals surface area contributed by atoms with Gasteiger partial charge in [0, 0.05) is 19.7 Å². The van der Waals surface area contributed by atoms with Gasteiger partial charge in [-0.3, -0.25) is 0 Å². The van der Waals surface area contributed by atoms with E-state index in [4.69, 9.17) is 0 Å². The molecule has 0 aromatic heterocycles. The Morgan fingerprint density at radius 3 is 1.95 bits per heavy atom. The van der Waals surface area contributed by atoms with Crippen LogP contribution in [0.3, 0.4) is 0 Å². The van der Waals surface area contributed by atoms with Gasteiger partial charge in [0.2, 0.25) is 0 Å². The van der Waals surface area contributed by atoms with Crippen molar-refractivity contribution in [2.45, 2.75) is 0 Å². The highest BCUT2D eigenvalue weighted by Gasteiger charge is 2.28. The summed E-state index contributed by atoms with van der Waals surface area (Å²) in [5, 5.41) is 10.5. The van der Waals surface area contributed by atoms with E-state index in [0.29, 0.717) is 0 Å². The molecule has 104 valence electrons. The summed E-state index contributed by atoms with van der Waals surface area (Å²) in [5.74, 6) is 0.928. The molecule has 0 saturated carbocycles. The molecule has 4 nitrogen and oxygen atoms in total. The van der Waals surface area contributed by atoms with Gasteiger partial charge in [0.1, 0.15) is 0 Å². The van der Waals surface area contributed by atoms with Gasteiger partial charge in [-0.15, -0.1) is 27.2 Å². The lowest BCUT2D eigenvalue weighted by atomic mass is 10.2. The van der Waals surface area contributed by atoms with E-state index in [-0.39, 0.29) is 17.0 Å². The Hall–Kier alpha value is -1.85. The van der Waals surface area contributed by atoms with Crippen molar-refractivity contribution in [2.75, 3.05) is 19.1 Å². The normalized spacial score (nSPS) is 15.0. The third-order valence-electron chi connectivity index (χ3n) is 3.18. The highest BCUT2D eigenvalue weighted by atomic mass is 79.9. The summed E-state index contributed by atoms with van der Waals surface area (Å²) in [6.07, 6.45) is 0. The first-order valence-corrected chi connectivity index (χ1v) is 6.24. The van der Waals surface area contributed by atoms with Crippen molar-refractivity contribution in [1.82, 2.24) is 10.2 Å². The molecule has 0 atom stereocenters. The van der Waals surface area contributed by atoms with E-state index in [2.05, 4.69) is 34.4 Å². The van der Waals surface area contributed by atoms with E-state index in [1.165, 1.54) is 0 Å². The van der Waals surface area contributed by atoms with Crippen LogP contribution in [-0.2, 0) is 0 Å². The number of benzene rings is 2. The van der Waals surface area contributed by atoms with Crippen LogP contribution in [0.1, 0.15) is 5.56 Å². The third kappa shape index (κ3) is 2.55. The van der Waals surface area contributed by atoms with Crippen molar-refractivity contribution in [1.29, 1.82) is 0 Å². The Kier molecular flexibility index (Phi) is 4.42. The Bertz CT molecular complexity index is 585. The van der Waals surface area contributed by atoms with Crippen LogP contribution < -0.4 is 5.01 Å². The fourth-order valence-electron chi connectivity index (χ4n) is 2.14. The average Bonchev–Trinajstić information content (AvgIpc) is 2.77. The Balaban J connectivity index is 0.00000147. The number of amidine groups is 1. The van der Waals surface area contributed by atoms with Gasteiger partial charge in [-0.1, -0.05) is 48.5 Å². The lowest BCUT2D eigenvalue weighted by molar-refractivity contribution is 0.0560. The first-order chi connectivity index (χ1) is 9.27. The zero-order valence-corrected chi connectivity index (χ0v) is 13.2. The number of hydrazine groups is 2. The average molecular weight is 333 g/mol. The van der Waals surface area contributed by atoms with Gasteiger partial charge < -0.3 is 0 Å². The van der Waals surface area contributed by atoms with E-state index in [0.717, 1.165) is 17.1 Å². The van der Waals surface area contributed by atoms with Crippen molar-refractivity contribution in [3.8, 4) is 0 Å². The maximum atomic E-state index is 4.60. The molecule has 0 unspecified atom stereocenters. The predicted octanol–water partition coefficient (Wildman–Crippen LogP) is 3.14. The van der Waals surface area contributed by atoms with Crippen molar-refractivity contribution in [3.05, 3.63) is 66.2 Å². The van der Waals surface area contributed by atoms with Gasteiger partial charge in [-0.2, -0.15) is 0 Å². The molecule has 1 heterocycles. The minimum atomic E-state index is 0. The number of anilines is 1. The minimum Gasteiger partial charge on any atom is -0.236 e. The summed E-state index contributed by atoms with van der Waals surface area (Å²) in [6, 6.07) is 20.4. The van der Waals surface area contributed by atoms with Gasteiger partial charge >= 0.3 is 0 Å². The van der Waals surface area contributed by atoms with E-state index < -0.39 is 0 Å². The SMILES string of the molecule is Br.CN1N=C(c2ccccc2)N(c2ccccc2)N1C. The largest absolute Gasteiger partial charge is 0.236 e. The summed E-state index contributed by atoms with van der Waals surface area (Å²) in [6.45, 7) is 0. The second-order valence-corrected chi connectivity index (χ2v) is 4.42. The highest BCUT2D eigenvalue weighted by Crippen LogP contribution is 2.24. The molecule has 0 aliphatic carbocycles. The molecular weight excluding hydrogens is 316 g/mol. The quantitative estimate of drug-likeness (QED) is 0.843. The number of halogens is 1. The van der Waals surface area contributed by atoms with E-state index >= 15 is 0 Å². The van der Waals surface area contributed by atoms with Crippen LogP contribution >= 0.6 is 17.0 Å². The molecule has 0 spiro atoms. The summed E-state index contributed by atoms with van der Waals surface area (Å²) < 4.78 is 0. The van der Waals surface area contributed by atoms with Gasteiger partial charge in [-0.25, -0.2) is 10.1 Å². The van der Waals surface area contributed by atoms with Gasteiger partial charge in [0.05, 0.1) is 5.69 Å². The number of hydrazone groups is 1. The number of hydrogen-bond donors (Lipinski definition) is 0. The monoisotopic (exact) mass is 332 g/mol. The molecule has 0 fully saturated rings. The van der Waals surface area contributed by atoms with Crippen LogP contribution in [0.25, 0.3) is 0 Å². The zero-order chi connectivity index (χ0) is 13.2. The molecule has 0 radical (unpaired) electrons. The first-order valence-electron chi connectivity index (χ1n) is 6.24. The van der Waals surface area contributed by atoms with Gasteiger partial charge in [-0.05, 0) is 12.1 Å². The second-order valence-electron chi connectivity index (χ2n) is 4.42. The number of rotatable bonds is 2. The van der Waals surface area contributed by atoms with Gasteiger partial charge in [0.25, 0.3) is 0 Å². The summed E-state index contributed by atoms with van der Waals surface area (Å²) in [4.78, 5) is 0. The van der Waals surface area contributed by atoms with Crippen molar-refractivity contribution < 1.29 is 0 Å². The number of para-hydroxylation sites is 1. The first kappa shape index (κ1) is 14.6. The van der Waals surface area contributed by atoms with Crippen LogP contribution in [0.15, 0.2) is 65.8 Å². The second kappa shape index (κ2) is 6.07. The minimum absolute atomic E-state index is 0. The van der Waals surface area contributed by atoms with Crippen molar-refractivity contribution >= 4 is 28.5 Å². The topological polar surface area (TPSA) is 22.1 Å². The predicted molar refractivity (Wildman–Crippen MR) is 87.7 cm³/mol. The summed E-state index contributed by atoms with van der Waals surface area (Å²) >= 11 is 0. The van der Waals surface area contributed by atoms with Crippen LogP contribution in [0.5, 0.6) is 0 Å². The standard InChI is InChI=1S/C15H16N4.BrH/c1-17-16-15(13-9-5-3-6-10-13)19(18(17)2)14-11-7-4-8-12-14;/h3-12H,1-2H3;1H. The fraction of sp³-hybridized carbons (Fsp3) is 0.133. The fourth-order valence-corrected chi connectivity index (χ4v) is 2.14.